The lowest BCUT2D eigenvalue weighted by Crippen LogP contribution is -2.49. The summed E-state index contributed by atoms with van der Waals surface area (Å²) in [6.45, 7) is 8.16. The van der Waals surface area contributed by atoms with Gasteiger partial charge in [-0.05, 0) is 38.8 Å². The summed E-state index contributed by atoms with van der Waals surface area (Å²) in [6.07, 6.45) is 2.78. The van der Waals surface area contributed by atoms with E-state index in [0.29, 0.717) is 5.41 Å². The van der Waals surface area contributed by atoms with Crippen LogP contribution in [0.1, 0.15) is 26.7 Å². The highest BCUT2D eigenvalue weighted by Crippen LogP contribution is 2.48. The Morgan fingerprint density at radius 3 is 2.41 bits per heavy atom. The highest BCUT2D eigenvalue weighted by molar-refractivity contribution is 5.49. The maximum atomic E-state index is 3.65. The Kier molecular flexibility index (Phi) is 2.44. The number of para-hydroxylation sites is 1. The van der Waals surface area contributed by atoms with Crippen LogP contribution >= 0.6 is 0 Å². The van der Waals surface area contributed by atoms with Gasteiger partial charge in [-0.3, -0.25) is 0 Å². The summed E-state index contributed by atoms with van der Waals surface area (Å²) in [4.78, 5) is 2.60. The zero-order chi connectivity index (χ0) is 11.9. The fraction of sp³-hybridized carbons (Fsp3) is 0.600. The van der Waals surface area contributed by atoms with Crippen molar-refractivity contribution in [1.29, 1.82) is 0 Å². The second kappa shape index (κ2) is 3.74. The van der Waals surface area contributed by atoms with E-state index in [4.69, 9.17) is 0 Å². The van der Waals surface area contributed by atoms with Crippen LogP contribution < -0.4 is 10.2 Å². The molecule has 1 saturated heterocycles. The van der Waals surface area contributed by atoms with E-state index in [1.807, 2.05) is 0 Å². The summed E-state index contributed by atoms with van der Waals surface area (Å²) in [5.41, 5.74) is 2.13. The fourth-order valence-corrected chi connectivity index (χ4v) is 2.89. The van der Waals surface area contributed by atoms with Crippen LogP contribution in [0.2, 0.25) is 0 Å². The highest BCUT2D eigenvalue weighted by Gasteiger charge is 2.47. The summed E-state index contributed by atoms with van der Waals surface area (Å²) in [5.74, 6) is 0. The molecule has 2 nitrogen and oxygen atoms in total. The molecule has 0 bridgehead atoms. The molecule has 1 N–H and O–H groups in total. The normalized spacial score (nSPS) is 25.6. The maximum Gasteiger partial charge on any atom is 0.0470 e. The molecular formula is C15H22N2. The molecule has 0 unspecified atom stereocenters. The molecule has 3 rings (SSSR count). The van der Waals surface area contributed by atoms with Gasteiger partial charge in [0.2, 0.25) is 0 Å². The van der Waals surface area contributed by atoms with Crippen LogP contribution in [0.15, 0.2) is 30.3 Å². The van der Waals surface area contributed by atoms with E-state index in [1.165, 1.54) is 31.6 Å². The Balaban J connectivity index is 1.93. The lowest BCUT2D eigenvalue weighted by molar-refractivity contribution is 0.456. The van der Waals surface area contributed by atoms with E-state index >= 15 is 0 Å². The molecule has 0 amide bonds. The monoisotopic (exact) mass is 230 g/mol. The number of benzene rings is 1. The summed E-state index contributed by atoms with van der Waals surface area (Å²) in [5, 5.41) is 3.65. The van der Waals surface area contributed by atoms with Crippen molar-refractivity contribution in [3.63, 3.8) is 0 Å². The van der Waals surface area contributed by atoms with Gasteiger partial charge >= 0.3 is 0 Å². The minimum atomic E-state index is 0.202. The molecule has 1 aliphatic heterocycles. The second-order valence-electron chi connectivity index (χ2n) is 6.34. The summed E-state index contributed by atoms with van der Waals surface area (Å²) in [6, 6.07) is 10.9. The van der Waals surface area contributed by atoms with E-state index in [9.17, 15) is 0 Å². The molecule has 1 aliphatic carbocycles. The van der Waals surface area contributed by atoms with Gasteiger partial charge in [0.15, 0.2) is 0 Å². The summed E-state index contributed by atoms with van der Waals surface area (Å²) < 4.78 is 0. The number of anilines is 1. The van der Waals surface area contributed by atoms with Crippen molar-refractivity contribution in [2.45, 2.75) is 32.2 Å². The first-order valence-electron chi connectivity index (χ1n) is 6.65. The Labute approximate surface area is 104 Å². The van der Waals surface area contributed by atoms with Crippen molar-refractivity contribution in [3.05, 3.63) is 30.3 Å². The summed E-state index contributed by atoms with van der Waals surface area (Å²) in [7, 11) is 0. The van der Waals surface area contributed by atoms with E-state index in [0.717, 1.165) is 6.54 Å². The number of hydrogen-bond donors (Lipinski definition) is 1. The van der Waals surface area contributed by atoms with Crippen LogP contribution in [0.25, 0.3) is 0 Å². The van der Waals surface area contributed by atoms with Gasteiger partial charge in [-0.25, -0.2) is 0 Å². The van der Waals surface area contributed by atoms with Crippen LogP contribution in [-0.4, -0.2) is 25.2 Å². The van der Waals surface area contributed by atoms with Gasteiger partial charge in [-0.2, -0.15) is 0 Å². The second-order valence-corrected chi connectivity index (χ2v) is 6.34. The number of nitrogens with one attached hydrogen (secondary N) is 1. The van der Waals surface area contributed by atoms with Crippen molar-refractivity contribution >= 4 is 5.69 Å². The largest absolute Gasteiger partial charge is 0.365 e. The zero-order valence-corrected chi connectivity index (χ0v) is 10.9. The Hall–Kier alpha value is -1.02. The molecule has 0 atom stereocenters. The maximum absolute atomic E-state index is 3.65. The van der Waals surface area contributed by atoms with Crippen molar-refractivity contribution in [3.8, 4) is 0 Å². The van der Waals surface area contributed by atoms with Gasteiger partial charge in [0.1, 0.15) is 0 Å². The third-order valence-electron chi connectivity index (χ3n) is 4.31. The Morgan fingerprint density at radius 2 is 1.76 bits per heavy atom. The number of rotatable bonds is 1. The average molecular weight is 230 g/mol. The van der Waals surface area contributed by atoms with Gasteiger partial charge in [0.25, 0.3) is 0 Å². The lowest BCUT2D eigenvalue weighted by Gasteiger charge is -2.40. The molecule has 2 aliphatic rings. The predicted molar refractivity (Wildman–Crippen MR) is 72.4 cm³/mol. The molecule has 1 aromatic carbocycles. The molecule has 1 saturated carbocycles. The minimum absolute atomic E-state index is 0.202. The molecule has 1 heterocycles. The van der Waals surface area contributed by atoms with Gasteiger partial charge in [-0.1, -0.05) is 18.2 Å². The predicted octanol–water partition coefficient (Wildman–Crippen LogP) is 2.66. The molecular weight excluding hydrogens is 208 g/mol. The highest BCUT2D eigenvalue weighted by atomic mass is 15.2. The topological polar surface area (TPSA) is 15.3 Å². The van der Waals surface area contributed by atoms with Crippen LogP contribution in [0.5, 0.6) is 0 Å². The van der Waals surface area contributed by atoms with E-state index in [-0.39, 0.29) is 5.54 Å². The quantitative estimate of drug-likeness (QED) is 0.798. The Bertz CT molecular complexity index is 393. The zero-order valence-electron chi connectivity index (χ0n) is 10.9. The Morgan fingerprint density at radius 1 is 1.06 bits per heavy atom. The first-order chi connectivity index (χ1) is 8.11. The number of nitrogens with zero attached hydrogens (tertiary/aromatic N) is 1. The van der Waals surface area contributed by atoms with Gasteiger partial charge in [0.05, 0.1) is 0 Å². The van der Waals surface area contributed by atoms with Gasteiger partial charge in [-0.15, -0.1) is 0 Å². The molecule has 92 valence electrons. The van der Waals surface area contributed by atoms with Crippen LogP contribution in [0.4, 0.5) is 5.69 Å². The van der Waals surface area contributed by atoms with Crippen LogP contribution in [0, 0.1) is 5.41 Å². The van der Waals surface area contributed by atoms with E-state index < -0.39 is 0 Å². The van der Waals surface area contributed by atoms with Gasteiger partial charge in [0, 0.05) is 36.3 Å². The molecule has 1 aromatic rings. The molecule has 1 spiro atoms. The first kappa shape index (κ1) is 11.1. The molecule has 2 fully saturated rings. The smallest absolute Gasteiger partial charge is 0.0470 e. The molecule has 17 heavy (non-hydrogen) atoms. The average Bonchev–Trinajstić information content (AvgIpc) is 3.08. The standard InChI is InChI=1S/C15H22N2/c1-14(2)10-16-11-15(8-9-15)12-17(14)13-6-4-3-5-7-13/h3-7,16H,8-12H2,1-2H3. The summed E-state index contributed by atoms with van der Waals surface area (Å²) >= 11 is 0. The minimum Gasteiger partial charge on any atom is -0.365 e. The van der Waals surface area contributed by atoms with E-state index in [2.05, 4.69) is 54.4 Å². The molecule has 0 aromatic heterocycles. The third kappa shape index (κ3) is 2.06. The van der Waals surface area contributed by atoms with Crippen LogP contribution in [0.3, 0.4) is 0 Å². The van der Waals surface area contributed by atoms with Crippen molar-refractivity contribution in [2.75, 3.05) is 24.5 Å². The van der Waals surface area contributed by atoms with Crippen molar-refractivity contribution < 1.29 is 0 Å². The SMILES string of the molecule is CC1(C)CNCC2(CC2)CN1c1ccccc1. The number of hydrogen-bond acceptors (Lipinski definition) is 2. The van der Waals surface area contributed by atoms with Crippen molar-refractivity contribution in [2.24, 2.45) is 5.41 Å². The van der Waals surface area contributed by atoms with E-state index in [1.54, 1.807) is 0 Å². The van der Waals surface area contributed by atoms with Crippen molar-refractivity contribution in [1.82, 2.24) is 5.32 Å². The molecule has 0 radical (unpaired) electrons. The third-order valence-corrected chi connectivity index (χ3v) is 4.31. The molecule has 2 heteroatoms. The fourth-order valence-electron chi connectivity index (χ4n) is 2.89. The van der Waals surface area contributed by atoms with Gasteiger partial charge < -0.3 is 10.2 Å². The first-order valence-corrected chi connectivity index (χ1v) is 6.65. The lowest BCUT2D eigenvalue weighted by atomic mass is 10.00. The van der Waals surface area contributed by atoms with Crippen LogP contribution in [-0.2, 0) is 0 Å².